The van der Waals surface area contributed by atoms with Gasteiger partial charge in [0, 0.05) is 19.9 Å². The molecule has 1 aliphatic heterocycles. The van der Waals surface area contributed by atoms with E-state index in [-0.39, 0.29) is 42.6 Å². The first-order valence-corrected chi connectivity index (χ1v) is 8.41. The van der Waals surface area contributed by atoms with Gasteiger partial charge in [0.15, 0.2) is 0 Å². The average molecular weight is 334 g/mol. The summed E-state index contributed by atoms with van der Waals surface area (Å²) in [6.07, 6.45) is 1.01. The molecule has 3 rings (SSSR count). The number of hydrogen-bond acceptors (Lipinski definition) is 3. The Balaban J connectivity index is 1.82. The molecule has 4 atom stereocenters. The van der Waals surface area contributed by atoms with Gasteiger partial charge in [-0.1, -0.05) is 19.1 Å². The van der Waals surface area contributed by atoms with Crippen molar-refractivity contribution in [3.05, 3.63) is 35.1 Å². The Morgan fingerprint density at radius 2 is 2.12 bits per heavy atom. The fourth-order valence-electron chi connectivity index (χ4n) is 3.86. The second-order valence-electron chi connectivity index (χ2n) is 6.89. The predicted octanol–water partition coefficient (Wildman–Crippen LogP) is 1.55. The molecule has 0 bridgehead atoms. The molecular formula is C18H23FN2O3. The quantitative estimate of drug-likeness (QED) is 0.862. The van der Waals surface area contributed by atoms with Gasteiger partial charge in [0.25, 0.3) is 0 Å². The number of benzene rings is 1. The van der Waals surface area contributed by atoms with Crippen LogP contribution in [-0.4, -0.2) is 40.5 Å². The fourth-order valence-corrected chi connectivity index (χ4v) is 3.86. The topological polar surface area (TPSA) is 69.6 Å². The minimum Gasteiger partial charge on any atom is -0.391 e. The van der Waals surface area contributed by atoms with Crippen molar-refractivity contribution < 1.29 is 19.1 Å². The van der Waals surface area contributed by atoms with Gasteiger partial charge in [-0.25, -0.2) is 4.39 Å². The first kappa shape index (κ1) is 16.9. The zero-order chi connectivity index (χ0) is 17.4. The van der Waals surface area contributed by atoms with Crippen molar-refractivity contribution >= 4 is 11.8 Å². The summed E-state index contributed by atoms with van der Waals surface area (Å²) in [5.74, 6) is -0.564. The first-order chi connectivity index (χ1) is 11.4. The maximum atomic E-state index is 14.0. The third-order valence-electron chi connectivity index (χ3n) is 5.19. The summed E-state index contributed by atoms with van der Waals surface area (Å²) >= 11 is 0. The zero-order valence-electron chi connectivity index (χ0n) is 14.0. The summed E-state index contributed by atoms with van der Waals surface area (Å²) in [5, 5.41) is 12.8. The third kappa shape index (κ3) is 3.02. The Labute approximate surface area is 140 Å². The van der Waals surface area contributed by atoms with Crippen LogP contribution in [0.2, 0.25) is 0 Å². The van der Waals surface area contributed by atoms with Crippen molar-refractivity contribution in [1.29, 1.82) is 0 Å². The lowest BCUT2D eigenvalue weighted by molar-refractivity contribution is -0.137. The molecule has 6 heteroatoms. The van der Waals surface area contributed by atoms with Crippen LogP contribution in [0.3, 0.4) is 0 Å². The van der Waals surface area contributed by atoms with Crippen molar-refractivity contribution in [2.24, 2.45) is 5.92 Å². The lowest BCUT2D eigenvalue weighted by Gasteiger charge is -2.34. The lowest BCUT2D eigenvalue weighted by atomic mass is 9.80. The first-order valence-electron chi connectivity index (χ1n) is 8.41. The Bertz CT molecular complexity index is 664. The van der Waals surface area contributed by atoms with E-state index >= 15 is 0 Å². The van der Waals surface area contributed by atoms with E-state index < -0.39 is 12.1 Å². The minimum absolute atomic E-state index is 0.179. The number of carbonyl (C=O) groups excluding carboxylic acids is 2. The van der Waals surface area contributed by atoms with E-state index in [4.69, 9.17) is 0 Å². The molecular weight excluding hydrogens is 311 g/mol. The largest absolute Gasteiger partial charge is 0.391 e. The molecule has 5 nitrogen and oxygen atoms in total. The van der Waals surface area contributed by atoms with Crippen LogP contribution in [0.4, 0.5) is 4.39 Å². The molecule has 0 saturated carbocycles. The summed E-state index contributed by atoms with van der Waals surface area (Å²) in [4.78, 5) is 25.8. The summed E-state index contributed by atoms with van der Waals surface area (Å²) in [5.41, 5.74) is 1.48. The number of aliphatic hydroxyl groups is 1. The normalized spacial score (nSPS) is 29.2. The highest BCUT2D eigenvalue weighted by Crippen LogP contribution is 2.35. The van der Waals surface area contributed by atoms with Gasteiger partial charge in [-0.05, 0) is 36.0 Å². The number of fused-ring (bicyclic) bond motifs is 1. The standard InChI is InChI=1S/C18H23FN2O3/c1-10-6-7-13-14(4-3-5-15(13)19)17(10)20-18(24)16-8-12(23)9-21(16)11(2)22/h3-5,10,12,16-17,23H,6-9H2,1-2H3,(H,20,24)/t10?,12-,16+,17?/m0/s1. The van der Waals surface area contributed by atoms with Crippen LogP contribution < -0.4 is 5.32 Å². The molecule has 24 heavy (non-hydrogen) atoms. The fraction of sp³-hybridized carbons (Fsp3) is 0.556. The maximum absolute atomic E-state index is 14.0. The summed E-state index contributed by atoms with van der Waals surface area (Å²) in [7, 11) is 0. The smallest absolute Gasteiger partial charge is 0.243 e. The number of carbonyl (C=O) groups is 2. The third-order valence-corrected chi connectivity index (χ3v) is 5.19. The van der Waals surface area contributed by atoms with Crippen LogP contribution >= 0.6 is 0 Å². The molecule has 1 fully saturated rings. The summed E-state index contributed by atoms with van der Waals surface area (Å²) in [6.45, 7) is 3.61. The van der Waals surface area contributed by atoms with E-state index in [9.17, 15) is 19.1 Å². The molecule has 2 amide bonds. The molecule has 1 aromatic carbocycles. The number of nitrogens with one attached hydrogen (secondary N) is 1. The molecule has 0 aromatic heterocycles. The molecule has 2 N–H and O–H groups in total. The van der Waals surface area contributed by atoms with Gasteiger partial charge in [0.05, 0.1) is 12.1 Å². The maximum Gasteiger partial charge on any atom is 0.243 e. The lowest BCUT2D eigenvalue weighted by Crippen LogP contribution is -2.47. The summed E-state index contributed by atoms with van der Waals surface area (Å²) in [6, 6.07) is 4.02. The number of β-amino-alcohol motifs (C(OH)–C–C–N with tert-alkyl or cyclic N) is 1. The van der Waals surface area contributed by atoms with Crippen molar-refractivity contribution in [2.75, 3.05) is 6.54 Å². The van der Waals surface area contributed by atoms with Crippen molar-refractivity contribution in [1.82, 2.24) is 10.2 Å². The zero-order valence-corrected chi connectivity index (χ0v) is 14.0. The summed E-state index contributed by atoms with van der Waals surface area (Å²) < 4.78 is 14.0. The molecule has 1 aliphatic carbocycles. The number of aliphatic hydroxyl groups excluding tert-OH is 1. The highest BCUT2D eigenvalue weighted by Gasteiger charge is 2.39. The SMILES string of the molecule is CC(=O)N1C[C@@H](O)C[C@@H]1C(=O)NC1c2cccc(F)c2CCC1C. The monoisotopic (exact) mass is 334 g/mol. The van der Waals surface area contributed by atoms with E-state index in [1.54, 1.807) is 6.07 Å². The predicted molar refractivity (Wildman–Crippen MR) is 86.6 cm³/mol. The van der Waals surface area contributed by atoms with Crippen LogP contribution in [0.25, 0.3) is 0 Å². The van der Waals surface area contributed by atoms with E-state index in [0.717, 1.165) is 12.0 Å². The van der Waals surface area contributed by atoms with Gasteiger partial charge in [0.2, 0.25) is 11.8 Å². The van der Waals surface area contributed by atoms with E-state index in [0.29, 0.717) is 12.0 Å². The Kier molecular flexibility index (Phi) is 4.58. The van der Waals surface area contributed by atoms with Gasteiger partial charge in [0.1, 0.15) is 11.9 Å². The molecule has 1 saturated heterocycles. The van der Waals surface area contributed by atoms with Crippen LogP contribution in [0.1, 0.15) is 43.9 Å². The van der Waals surface area contributed by atoms with Crippen LogP contribution in [0.5, 0.6) is 0 Å². The Morgan fingerprint density at radius 3 is 2.83 bits per heavy atom. The van der Waals surface area contributed by atoms with Crippen molar-refractivity contribution in [3.63, 3.8) is 0 Å². The van der Waals surface area contributed by atoms with Crippen LogP contribution in [0, 0.1) is 11.7 Å². The number of amides is 2. The second-order valence-corrected chi connectivity index (χ2v) is 6.89. The molecule has 0 radical (unpaired) electrons. The van der Waals surface area contributed by atoms with Gasteiger partial charge in [-0.15, -0.1) is 0 Å². The van der Waals surface area contributed by atoms with Crippen molar-refractivity contribution in [2.45, 2.75) is 51.3 Å². The highest BCUT2D eigenvalue weighted by molar-refractivity contribution is 5.88. The van der Waals surface area contributed by atoms with E-state index in [2.05, 4.69) is 5.32 Å². The Hall–Kier alpha value is -1.95. The number of likely N-dealkylation sites (tertiary alicyclic amines) is 1. The molecule has 2 aliphatic rings. The number of rotatable bonds is 2. The van der Waals surface area contributed by atoms with Crippen molar-refractivity contribution in [3.8, 4) is 0 Å². The molecule has 130 valence electrons. The molecule has 2 unspecified atom stereocenters. The molecule has 1 heterocycles. The van der Waals surface area contributed by atoms with Crippen LogP contribution in [-0.2, 0) is 16.0 Å². The Morgan fingerprint density at radius 1 is 1.38 bits per heavy atom. The molecule has 0 spiro atoms. The van der Waals surface area contributed by atoms with E-state index in [1.165, 1.54) is 17.9 Å². The average Bonchev–Trinajstić information content (AvgIpc) is 2.92. The molecule has 1 aromatic rings. The highest BCUT2D eigenvalue weighted by atomic mass is 19.1. The number of hydrogen-bond donors (Lipinski definition) is 2. The second kappa shape index (κ2) is 6.51. The van der Waals surface area contributed by atoms with Crippen LogP contribution in [0.15, 0.2) is 18.2 Å². The van der Waals surface area contributed by atoms with E-state index in [1.807, 2.05) is 13.0 Å². The van der Waals surface area contributed by atoms with Gasteiger partial charge in [-0.3, -0.25) is 9.59 Å². The number of nitrogens with zero attached hydrogens (tertiary/aromatic N) is 1. The van der Waals surface area contributed by atoms with Gasteiger partial charge in [-0.2, -0.15) is 0 Å². The van der Waals surface area contributed by atoms with Gasteiger partial charge < -0.3 is 15.3 Å². The van der Waals surface area contributed by atoms with Gasteiger partial charge >= 0.3 is 0 Å². The number of halogens is 1. The minimum atomic E-state index is -0.682.